The zero-order valence-electron chi connectivity index (χ0n) is 11.7. The molecule has 108 valence electrons. The minimum Gasteiger partial charge on any atom is -0.467 e. The van der Waals surface area contributed by atoms with E-state index in [1.165, 1.54) is 12.0 Å². The van der Waals surface area contributed by atoms with Gasteiger partial charge in [-0.3, -0.25) is 4.90 Å². The first kappa shape index (κ1) is 14.1. The first-order valence-corrected chi connectivity index (χ1v) is 6.48. The summed E-state index contributed by atoms with van der Waals surface area (Å²) in [5.41, 5.74) is -0.675. The molecular weight excluding hydrogens is 253 g/mol. The van der Waals surface area contributed by atoms with Crippen molar-refractivity contribution in [3.05, 3.63) is 0 Å². The summed E-state index contributed by atoms with van der Waals surface area (Å²) in [6, 6.07) is -1.28. The van der Waals surface area contributed by atoms with Crippen LogP contribution in [0.15, 0.2) is 0 Å². The highest BCUT2D eigenvalue weighted by Gasteiger charge is 2.57. The Morgan fingerprint density at radius 3 is 2.42 bits per heavy atom. The number of alkyl halides is 1. The number of methoxy groups -OCH3 is 1. The highest BCUT2D eigenvalue weighted by atomic mass is 19.1. The lowest BCUT2D eigenvalue weighted by atomic mass is 9.98. The van der Waals surface area contributed by atoms with Crippen molar-refractivity contribution in [3.8, 4) is 0 Å². The number of hydrogen-bond acceptors (Lipinski definition) is 4. The molecule has 1 unspecified atom stereocenters. The van der Waals surface area contributed by atoms with Crippen LogP contribution in [0.4, 0.5) is 9.18 Å². The molecule has 0 aromatic rings. The van der Waals surface area contributed by atoms with Crippen LogP contribution in [0.1, 0.15) is 33.6 Å². The summed E-state index contributed by atoms with van der Waals surface area (Å²) < 4.78 is 23.8. The molecule has 0 aromatic carbocycles. The van der Waals surface area contributed by atoms with Gasteiger partial charge in [0.15, 0.2) is 0 Å². The molecular formula is C13H20FNO4. The molecule has 0 spiro atoms. The van der Waals surface area contributed by atoms with Crippen LogP contribution in [0.3, 0.4) is 0 Å². The Morgan fingerprint density at radius 2 is 1.89 bits per heavy atom. The molecule has 1 heterocycles. The van der Waals surface area contributed by atoms with Crippen molar-refractivity contribution in [2.24, 2.45) is 5.92 Å². The predicted molar refractivity (Wildman–Crippen MR) is 65.3 cm³/mol. The van der Waals surface area contributed by atoms with Crippen molar-refractivity contribution >= 4 is 12.1 Å². The molecule has 1 saturated carbocycles. The second kappa shape index (κ2) is 4.65. The van der Waals surface area contributed by atoms with Gasteiger partial charge in [-0.25, -0.2) is 14.0 Å². The third-order valence-electron chi connectivity index (χ3n) is 3.64. The molecule has 2 aliphatic rings. The SMILES string of the molecule is COC(=O)[C@@H]1[C@@H]2CC([C@@H](F)C2)N1C(=O)OC(C)(C)C. The topological polar surface area (TPSA) is 55.8 Å². The van der Waals surface area contributed by atoms with Crippen LogP contribution in [-0.4, -0.2) is 47.9 Å². The van der Waals surface area contributed by atoms with Crippen LogP contribution >= 0.6 is 0 Å². The summed E-state index contributed by atoms with van der Waals surface area (Å²) in [5.74, 6) is -0.662. The number of esters is 1. The van der Waals surface area contributed by atoms with Gasteiger partial charge in [-0.2, -0.15) is 0 Å². The number of amides is 1. The molecule has 2 bridgehead atoms. The van der Waals surface area contributed by atoms with E-state index in [4.69, 9.17) is 9.47 Å². The monoisotopic (exact) mass is 273 g/mol. The van der Waals surface area contributed by atoms with Crippen LogP contribution < -0.4 is 0 Å². The van der Waals surface area contributed by atoms with E-state index in [1.807, 2.05) is 0 Å². The molecule has 0 N–H and O–H groups in total. The van der Waals surface area contributed by atoms with Crippen LogP contribution in [0.2, 0.25) is 0 Å². The summed E-state index contributed by atoms with van der Waals surface area (Å²) in [4.78, 5) is 25.2. The lowest BCUT2D eigenvalue weighted by molar-refractivity contribution is -0.149. The first-order valence-electron chi connectivity index (χ1n) is 6.48. The van der Waals surface area contributed by atoms with Gasteiger partial charge in [0.2, 0.25) is 0 Å². The molecule has 6 heteroatoms. The molecule has 5 nitrogen and oxygen atoms in total. The fourth-order valence-corrected chi connectivity index (χ4v) is 2.97. The average Bonchev–Trinajstić information content (AvgIpc) is 2.81. The van der Waals surface area contributed by atoms with Crippen LogP contribution in [-0.2, 0) is 14.3 Å². The van der Waals surface area contributed by atoms with Gasteiger partial charge in [-0.1, -0.05) is 0 Å². The fraction of sp³-hybridized carbons (Fsp3) is 0.846. The van der Waals surface area contributed by atoms with E-state index in [1.54, 1.807) is 20.8 Å². The number of fused-ring (bicyclic) bond motifs is 2. The van der Waals surface area contributed by atoms with Crippen molar-refractivity contribution in [3.63, 3.8) is 0 Å². The summed E-state index contributed by atoms with van der Waals surface area (Å²) >= 11 is 0. The van der Waals surface area contributed by atoms with E-state index in [-0.39, 0.29) is 5.92 Å². The van der Waals surface area contributed by atoms with E-state index < -0.39 is 35.9 Å². The third kappa shape index (κ3) is 2.53. The molecule has 2 fully saturated rings. The molecule has 19 heavy (non-hydrogen) atoms. The molecule has 0 aromatic heterocycles. The smallest absolute Gasteiger partial charge is 0.411 e. The van der Waals surface area contributed by atoms with E-state index in [9.17, 15) is 14.0 Å². The van der Waals surface area contributed by atoms with Crippen molar-refractivity contribution < 1.29 is 23.5 Å². The maximum atomic E-state index is 13.8. The number of carbonyl (C=O) groups excluding carboxylic acids is 2. The number of piperidine rings is 1. The standard InChI is InChI=1S/C13H20FNO4/c1-13(2,3)19-12(17)15-9-6-7(5-8(9)14)10(15)11(16)18-4/h7-10H,5-6H2,1-4H3/t7-,8-,9?,10-/m0/s1. The molecule has 1 saturated heterocycles. The summed E-state index contributed by atoms with van der Waals surface area (Å²) in [7, 11) is 1.27. The summed E-state index contributed by atoms with van der Waals surface area (Å²) in [6.45, 7) is 5.21. The second-order valence-electron chi connectivity index (χ2n) is 6.17. The van der Waals surface area contributed by atoms with Gasteiger partial charge >= 0.3 is 12.1 Å². The third-order valence-corrected chi connectivity index (χ3v) is 3.64. The summed E-state index contributed by atoms with van der Waals surface area (Å²) in [5, 5.41) is 0. The predicted octanol–water partition coefficient (Wildman–Crippen LogP) is 1.90. The van der Waals surface area contributed by atoms with Crippen LogP contribution in [0.25, 0.3) is 0 Å². The van der Waals surface area contributed by atoms with Gasteiger partial charge in [0.1, 0.15) is 17.8 Å². The number of hydrogen-bond donors (Lipinski definition) is 0. The number of nitrogens with zero attached hydrogens (tertiary/aromatic N) is 1. The number of halogens is 1. The minimum atomic E-state index is -1.08. The van der Waals surface area contributed by atoms with E-state index >= 15 is 0 Å². The molecule has 1 aliphatic heterocycles. The maximum Gasteiger partial charge on any atom is 0.411 e. The fourth-order valence-electron chi connectivity index (χ4n) is 2.97. The maximum absolute atomic E-state index is 13.8. The molecule has 1 amide bonds. The van der Waals surface area contributed by atoms with Gasteiger partial charge in [0.25, 0.3) is 0 Å². The second-order valence-corrected chi connectivity index (χ2v) is 6.17. The van der Waals surface area contributed by atoms with Gasteiger partial charge in [-0.15, -0.1) is 0 Å². The van der Waals surface area contributed by atoms with Crippen LogP contribution in [0, 0.1) is 5.92 Å². The van der Waals surface area contributed by atoms with Crippen molar-refractivity contribution in [1.82, 2.24) is 4.90 Å². The molecule has 1 aliphatic carbocycles. The zero-order chi connectivity index (χ0) is 14.4. The quantitative estimate of drug-likeness (QED) is 0.685. The van der Waals surface area contributed by atoms with Crippen molar-refractivity contribution in [1.29, 1.82) is 0 Å². The molecule has 0 radical (unpaired) electrons. The Labute approximate surface area is 112 Å². The lowest BCUT2D eigenvalue weighted by Crippen LogP contribution is -2.54. The first-order chi connectivity index (χ1) is 8.74. The van der Waals surface area contributed by atoms with E-state index in [0.717, 1.165) is 0 Å². The Morgan fingerprint density at radius 1 is 1.26 bits per heavy atom. The Bertz CT molecular complexity index is 393. The number of likely N-dealkylation sites (tertiary alicyclic amines) is 1. The minimum absolute atomic E-state index is 0.167. The number of carbonyl (C=O) groups is 2. The Kier molecular flexibility index (Phi) is 3.45. The molecule has 2 rings (SSSR count). The molecule has 4 atom stereocenters. The van der Waals surface area contributed by atoms with Crippen molar-refractivity contribution in [2.45, 2.75) is 57.5 Å². The zero-order valence-corrected chi connectivity index (χ0v) is 11.7. The summed E-state index contributed by atoms with van der Waals surface area (Å²) in [6.07, 6.45) is -0.916. The van der Waals surface area contributed by atoms with E-state index in [0.29, 0.717) is 12.8 Å². The number of rotatable bonds is 1. The normalized spacial score (nSPS) is 33.4. The Balaban J connectivity index is 2.20. The average molecular weight is 273 g/mol. The van der Waals surface area contributed by atoms with Gasteiger partial charge < -0.3 is 9.47 Å². The highest BCUT2D eigenvalue weighted by molar-refractivity contribution is 5.83. The van der Waals surface area contributed by atoms with Gasteiger partial charge in [0, 0.05) is 0 Å². The van der Waals surface area contributed by atoms with E-state index in [2.05, 4.69) is 0 Å². The Hall–Kier alpha value is -1.33. The van der Waals surface area contributed by atoms with Gasteiger partial charge in [-0.05, 0) is 39.5 Å². The van der Waals surface area contributed by atoms with Gasteiger partial charge in [0.05, 0.1) is 13.2 Å². The largest absolute Gasteiger partial charge is 0.467 e. The number of ether oxygens (including phenoxy) is 2. The van der Waals surface area contributed by atoms with Crippen molar-refractivity contribution in [2.75, 3.05) is 7.11 Å². The lowest BCUT2D eigenvalue weighted by Gasteiger charge is -2.36. The highest BCUT2D eigenvalue weighted by Crippen LogP contribution is 2.45. The van der Waals surface area contributed by atoms with Crippen LogP contribution in [0.5, 0.6) is 0 Å².